The van der Waals surface area contributed by atoms with Crippen molar-refractivity contribution in [2.24, 2.45) is 0 Å². The average molecular weight is 248 g/mol. The van der Waals surface area contributed by atoms with E-state index in [0.29, 0.717) is 16.9 Å². The summed E-state index contributed by atoms with van der Waals surface area (Å²) in [6.07, 6.45) is 3.49. The van der Waals surface area contributed by atoms with E-state index in [0.717, 1.165) is 18.6 Å². The Labute approximate surface area is 101 Å². The summed E-state index contributed by atoms with van der Waals surface area (Å²) in [5.74, 6) is 0. The van der Waals surface area contributed by atoms with Crippen molar-refractivity contribution in [1.29, 1.82) is 0 Å². The van der Waals surface area contributed by atoms with Crippen LogP contribution in [-0.2, 0) is 11.3 Å². The van der Waals surface area contributed by atoms with E-state index in [-0.39, 0.29) is 0 Å². The first kappa shape index (κ1) is 12.8. The minimum absolute atomic E-state index is 0.412. The summed E-state index contributed by atoms with van der Waals surface area (Å²) < 4.78 is 5.47. The van der Waals surface area contributed by atoms with Crippen molar-refractivity contribution in [2.45, 2.75) is 32.8 Å². The summed E-state index contributed by atoms with van der Waals surface area (Å²) in [5, 5.41) is 0.840. The van der Waals surface area contributed by atoms with Gasteiger partial charge in [0.15, 0.2) is 0 Å². The van der Waals surface area contributed by atoms with Crippen molar-refractivity contribution in [3.8, 4) is 0 Å². The largest absolute Gasteiger partial charge is 0.377 e. The van der Waals surface area contributed by atoms with E-state index < -0.39 is 0 Å². The third-order valence-corrected chi connectivity index (χ3v) is 2.58. The van der Waals surface area contributed by atoms with Gasteiger partial charge in [-0.05, 0) is 12.5 Å². The Balaban J connectivity index is 2.31. The third kappa shape index (κ3) is 4.83. The van der Waals surface area contributed by atoms with Crippen molar-refractivity contribution in [3.05, 3.63) is 28.0 Å². The van der Waals surface area contributed by atoms with E-state index in [1.54, 1.807) is 6.07 Å². The number of aromatic nitrogens is 1. The molecule has 0 saturated heterocycles. The number of halogens is 2. The van der Waals surface area contributed by atoms with Crippen LogP contribution in [0.3, 0.4) is 0 Å². The molecule has 1 heterocycles. The van der Waals surface area contributed by atoms with Gasteiger partial charge in [-0.2, -0.15) is 0 Å². The molecule has 1 aromatic rings. The Hall–Kier alpha value is -0.310. The van der Waals surface area contributed by atoms with Gasteiger partial charge < -0.3 is 4.74 Å². The number of hydrogen-bond donors (Lipinski definition) is 0. The van der Waals surface area contributed by atoms with Crippen LogP contribution in [0.1, 0.15) is 31.7 Å². The second-order valence-corrected chi connectivity index (χ2v) is 4.09. The van der Waals surface area contributed by atoms with Gasteiger partial charge in [-0.1, -0.05) is 49.0 Å². The first-order chi connectivity index (χ1) is 7.24. The molecule has 0 spiro atoms. The Morgan fingerprint density at radius 2 is 2.07 bits per heavy atom. The van der Waals surface area contributed by atoms with Gasteiger partial charge >= 0.3 is 0 Å². The highest BCUT2D eigenvalue weighted by Crippen LogP contribution is 2.17. The molecule has 0 aliphatic rings. The Morgan fingerprint density at radius 1 is 1.27 bits per heavy atom. The lowest BCUT2D eigenvalue weighted by Gasteiger charge is -2.05. The zero-order chi connectivity index (χ0) is 11.1. The highest BCUT2D eigenvalue weighted by Gasteiger charge is 2.02. The molecule has 2 nitrogen and oxygen atoms in total. The standard InChI is InChI=1S/C11H15Cl2NO/c1-2-3-4-7-15-8-9-5-6-10(12)14-11(9)13/h5-6H,2-4,7-8H2,1H3. The van der Waals surface area contributed by atoms with Gasteiger partial charge in [0.1, 0.15) is 10.3 Å². The number of pyridine rings is 1. The van der Waals surface area contributed by atoms with Crippen LogP contribution in [-0.4, -0.2) is 11.6 Å². The maximum absolute atomic E-state index is 5.89. The molecule has 1 rings (SSSR count). The first-order valence-corrected chi connectivity index (χ1v) is 5.88. The average Bonchev–Trinajstić information content (AvgIpc) is 2.20. The third-order valence-electron chi connectivity index (χ3n) is 2.04. The number of ether oxygens (including phenoxy) is 1. The fourth-order valence-electron chi connectivity index (χ4n) is 1.18. The van der Waals surface area contributed by atoms with Gasteiger partial charge in [0.25, 0.3) is 0 Å². The Bertz CT molecular complexity index is 305. The lowest BCUT2D eigenvalue weighted by molar-refractivity contribution is 0.117. The van der Waals surface area contributed by atoms with Gasteiger partial charge in [0.05, 0.1) is 6.61 Å². The van der Waals surface area contributed by atoms with Crippen molar-refractivity contribution < 1.29 is 4.74 Å². The second kappa shape index (κ2) is 7.04. The summed E-state index contributed by atoms with van der Waals surface area (Å²) in [7, 11) is 0. The number of rotatable bonds is 6. The zero-order valence-electron chi connectivity index (χ0n) is 8.80. The molecule has 84 valence electrons. The molecule has 0 fully saturated rings. The number of hydrogen-bond acceptors (Lipinski definition) is 2. The molecule has 0 atom stereocenters. The van der Waals surface area contributed by atoms with Crippen LogP contribution in [0, 0.1) is 0 Å². The molecule has 0 bridgehead atoms. The highest BCUT2D eigenvalue weighted by molar-refractivity contribution is 6.32. The molecule has 1 aromatic heterocycles. The monoisotopic (exact) mass is 247 g/mol. The van der Waals surface area contributed by atoms with E-state index in [2.05, 4.69) is 11.9 Å². The van der Waals surface area contributed by atoms with Crippen molar-refractivity contribution >= 4 is 23.2 Å². The maximum atomic E-state index is 5.89. The van der Waals surface area contributed by atoms with Crippen LogP contribution in [0.5, 0.6) is 0 Å². The van der Waals surface area contributed by atoms with E-state index >= 15 is 0 Å². The first-order valence-electron chi connectivity index (χ1n) is 5.12. The van der Waals surface area contributed by atoms with Gasteiger partial charge in [-0.25, -0.2) is 4.98 Å². The molecule has 15 heavy (non-hydrogen) atoms. The molecule has 0 aliphatic carbocycles. The van der Waals surface area contributed by atoms with Gasteiger partial charge in [-0.3, -0.25) is 0 Å². The van der Waals surface area contributed by atoms with Crippen molar-refractivity contribution in [1.82, 2.24) is 4.98 Å². The number of nitrogens with zero attached hydrogens (tertiary/aromatic N) is 1. The van der Waals surface area contributed by atoms with Gasteiger partial charge in [0, 0.05) is 12.2 Å². The lowest BCUT2D eigenvalue weighted by atomic mass is 10.3. The topological polar surface area (TPSA) is 22.1 Å². The number of unbranched alkanes of at least 4 members (excludes halogenated alkanes) is 2. The normalized spacial score (nSPS) is 10.6. The van der Waals surface area contributed by atoms with Crippen LogP contribution in [0.2, 0.25) is 10.3 Å². The van der Waals surface area contributed by atoms with E-state index in [9.17, 15) is 0 Å². The van der Waals surface area contributed by atoms with E-state index in [1.807, 2.05) is 6.07 Å². The molecule has 0 N–H and O–H groups in total. The molecule has 0 saturated carbocycles. The molecule has 4 heteroatoms. The van der Waals surface area contributed by atoms with E-state index in [4.69, 9.17) is 27.9 Å². The van der Waals surface area contributed by atoms with Crippen LogP contribution in [0.15, 0.2) is 12.1 Å². The molecular weight excluding hydrogens is 233 g/mol. The predicted molar refractivity (Wildman–Crippen MR) is 63.4 cm³/mol. The second-order valence-electron chi connectivity index (χ2n) is 3.34. The highest BCUT2D eigenvalue weighted by atomic mass is 35.5. The Kier molecular flexibility index (Phi) is 5.99. The maximum Gasteiger partial charge on any atom is 0.136 e. The Morgan fingerprint density at radius 3 is 2.73 bits per heavy atom. The quantitative estimate of drug-likeness (QED) is 0.558. The van der Waals surface area contributed by atoms with Gasteiger partial charge in [-0.15, -0.1) is 0 Å². The van der Waals surface area contributed by atoms with Gasteiger partial charge in [0.2, 0.25) is 0 Å². The SMILES string of the molecule is CCCCCOCc1ccc(Cl)nc1Cl. The fraction of sp³-hybridized carbons (Fsp3) is 0.545. The molecule has 0 aromatic carbocycles. The molecule has 0 aliphatic heterocycles. The summed E-state index contributed by atoms with van der Waals surface area (Å²) in [6.45, 7) is 3.44. The molecular formula is C11H15Cl2NO. The minimum Gasteiger partial charge on any atom is -0.377 e. The van der Waals surface area contributed by atoms with Crippen LogP contribution >= 0.6 is 23.2 Å². The molecule has 0 unspecified atom stereocenters. The summed E-state index contributed by atoms with van der Waals surface area (Å²) in [6, 6.07) is 3.57. The van der Waals surface area contributed by atoms with E-state index in [1.165, 1.54) is 12.8 Å². The predicted octanol–water partition coefficient (Wildman–Crippen LogP) is 4.10. The summed E-state index contributed by atoms with van der Waals surface area (Å²) >= 11 is 11.6. The molecule has 0 amide bonds. The van der Waals surface area contributed by atoms with Crippen molar-refractivity contribution in [2.75, 3.05) is 6.61 Å². The lowest BCUT2D eigenvalue weighted by Crippen LogP contribution is -1.97. The fourth-order valence-corrected chi connectivity index (χ4v) is 1.58. The van der Waals surface area contributed by atoms with Crippen LogP contribution in [0.4, 0.5) is 0 Å². The smallest absolute Gasteiger partial charge is 0.136 e. The molecule has 0 radical (unpaired) electrons. The minimum atomic E-state index is 0.412. The summed E-state index contributed by atoms with van der Waals surface area (Å²) in [5.41, 5.74) is 0.887. The summed E-state index contributed by atoms with van der Waals surface area (Å²) in [4.78, 5) is 3.94. The zero-order valence-corrected chi connectivity index (χ0v) is 10.3. The van der Waals surface area contributed by atoms with Crippen LogP contribution in [0.25, 0.3) is 0 Å². The van der Waals surface area contributed by atoms with Crippen LogP contribution < -0.4 is 0 Å². The van der Waals surface area contributed by atoms with Crippen molar-refractivity contribution in [3.63, 3.8) is 0 Å².